The van der Waals surface area contributed by atoms with Gasteiger partial charge in [-0.3, -0.25) is 0 Å². The lowest BCUT2D eigenvalue weighted by Gasteiger charge is -2.06. The Hall–Kier alpha value is -2.11. The van der Waals surface area contributed by atoms with Crippen molar-refractivity contribution in [2.45, 2.75) is 13.3 Å². The van der Waals surface area contributed by atoms with Crippen LogP contribution in [0.2, 0.25) is 5.02 Å². The second-order valence-corrected chi connectivity index (χ2v) is 6.58. The predicted molar refractivity (Wildman–Crippen MR) is 98.0 cm³/mol. The van der Waals surface area contributed by atoms with E-state index in [2.05, 4.69) is 21.0 Å². The number of aromatic carboxylic acids is 1. The van der Waals surface area contributed by atoms with Crippen LogP contribution in [0.15, 0.2) is 53.0 Å². The average molecular weight is 406 g/mol. The Bertz CT molecular complexity index is 904. The Balaban J connectivity index is 2.26. The van der Waals surface area contributed by atoms with Gasteiger partial charge < -0.3 is 5.11 Å². The van der Waals surface area contributed by atoms with E-state index < -0.39 is 5.97 Å². The van der Waals surface area contributed by atoms with Crippen LogP contribution in [0, 0.1) is 0 Å². The highest BCUT2D eigenvalue weighted by Gasteiger charge is 2.24. The quantitative estimate of drug-likeness (QED) is 0.648. The van der Waals surface area contributed by atoms with Crippen LogP contribution in [-0.2, 0) is 6.42 Å². The van der Waals surface area contributed by atoms with Crippen molar-refractivity contribution < 1.29 is 9.90 Å². The molecule has 0 amide bonds. The van der Waals surface area contributed by atoms with E-state index in [-0.39, 0.29) is 5.56 Å². The van der Waals surface area contributed by atoms with Crippen molar-refractivity contribution in [1.82, 2.24) is 9.78 Å². The zero-order valence-electron chi connectivity index (χ0n) is 12.8. The fourth-order valence-electron chi connectivity index (χ4n) is 2.64. The summed E-state index contributed by atoms with van der Waals surface area (Å²) >= 11 is 9.37. The molecule has 0 saturated carbocycles. The summed E-state index contributed by atoms with van der Waals surface area (Å²) in [6.07, 6.45) is 0.550. The van der Waals surface area contributed by atoms with E-state index in [0.29, 0.717) is 22.8 Å². The van der Waals surface area contributed by atoms with Gasteiger partial charge in [-0.05, 0) is 36.8 Å². The number of carbonyl (C=O) groups is 1. The lowest BCUT2D eigenvalue weighted by molar-refractivity contribution is 0.0696. The topological polar surface area (TPSA) is 55.1 Å². The zero-order chi connectivity index (χ0) is 17.3. The van der Waals surface area contributed by atoms with Crippen LogP contribution in [0.1, 0.15) is 23.0 Å². The van der Waals surface area contributed by atoms with Gasteiger partial charge in [0.1, 0.15) is 11.3 Å². The summed E-state index contributed by atoms with van der Waals surface area (Å²) in [5, 5.41) is 14.9. The van der Waals surface area contributed by atoms with Crippen LogP contribution in [0.5, 0.6) is 0 Å². The summed E-state index contributed by atoms with van der Waals surface area (Å²) in [7, 11) is 0. The highest BCUT2D eigenvalue weighted by molar-refractivity contribution is 9.10. The van der Waals surface area contributed by atoms with Crippen molar-refractivity contribution >= 4 is 33.5 Å². The minimum atomic E-state index is -0.988. The number of carboxylic acid groups (broad SMARTS) is 1. The molecule has 1 heterocycles. The Labute approximate surface area is 152 Å². The molecule has 2 aromatic carbocycles. The van der Waals surface area contributed by atoms with Crippen LogP contribution in [0.3, 0.4) is 0 Å². The molecule has 0 unspecified atom stereocenters. The second-order valence-electron chi connectivity index (χ2n) is 5.23. The number of hydrogen-bond acceptors (Lipinski definition) is 2. The second kappa shape index (κ2) is 6.79. The van der Waals surface area contributed by atoms with E-state index in [1.807, 2.05) is 31.2 Å². The first-order valence-corrected chi connectivity index (χ1v) is 8.55. The first-order valence-electron chi connectivity index (χ1n) is 7.38. The molecule has 24 heavy (non-hydrogen) atoms. The van der Waals surface area contributed by atoms with E-state index in [0.717, 1.165) is 15.7 Å². The van der Waals surface area contributed by atoms with Crippen molar-refractivity contribution in [3.63, 3.8) is 0 Å². The van der Waals surface area contributed by atoms with Gasteiger partial charge in [-0.2, -0.15) is 5.10 Å². The van der Waals surface area contributed by atoms with Gasteiger partial charge in [0.05, 0.1) is 11.4 Å². The van der Waals surface area contributed by atoms with Gasteiger partial charge in [0, 0.05) is 15.1 Å². The molecular weight excluding hydrogens is 392 g/mol. The van der Waals surface area contributed by atoms with E-state index in [1.54, 1.807) is 28.9 Å². The molecule has 0 aliphatic carbocycles. The number of benzene rings is 2. The fraction of sp³-hybridized carbons (Fsp3) is 0.111. The van der Waals surface area contributed by atoms with Gasteiger partial charge in [-0.25, -0.2) is 9.48 Å². The van der Waals surface area contributed by atoms with Crippen molar-refractivity contribution in [1.29, 1.82) is 0 Å². The number of carboxylic acids is 1. The molecule has 0 saturated heterocycles. The third-order valence-electron chi connectivity index (χ3n) is 3.70. The maximum absolute atomic E-state index is 11.9. The third-order valence-corrected chi connectivity index (χ3v) is 4.45. The van der Waals surface area contributed by atoms with Gasteiger partial charge in [0.25, 0.3) is 0 Å². The van der Waals surface area contributed by atoms with Crippen molar-refractivity contribution in [3.8, 4) is 16.9 Å². The molecule has 0 radical (unpaired) electrons. The van der Waals surface area contributed by atoms with Crippen molar-refractivity contribution in [2.24, 2.45) is 0 Å². The normalized spacial score (nSPS) is 10.8. The number of halogens is 2. The lowest BCUT2D eigenvalue weighted by Crippen LogP contribution is -2.05. The first kappa shape index (κ1) is 16.7. The number of nitrogens with zero attached hydrogens (tertiary/aromatic N) is 2. The molecule has 3 rings (SSSR count). The van der Waals surface area contributed by atoms with Gasteiger partial charge in [0.15, 0.2) is 0 Å². The molecule has 6 heteroatoms. The summed E-state index contributed by atoms with van der Waals surface area (Å²) in [5.41, 5.74) is 2.85. The van der Waals surface area contributed by atoms with Crippen LogP contribution in [0.4, 0.5) is 0 Å². The summed E-state index contributed by atoms with van der Waals surface area (Å²) in [6.45, 7) is 1.92. The fourth-order valence-corrected chi connectivity index (χ4v) is 3.15. The lowest BCUT2D eigenvalue weighted by atomic mass is 10.0. The molecule has 4 nitrogen and oxygen atoms in total. The predicted octanol–water partition coefficient (Wildman–Crippen LogP) is 5.22. The minimum absolute atomic E-state index is 0.222. The average Bonchev–Trinajstić information content (AvgIpc) is 2.95. The molecule has 0 fully saturated rings. The zero-order valence-corrected chi connectivity index (χ0v) is 15.2. The van der Waals surface area contributed by atoms with Crippen molar-refractivity contribution in [2.75, 3.05) is 0 Å². The smallest absolute Gasteiger partial charge is 0.339 e. The Morgan fingerprint density at radius 3 is 2.54 bits per heavy atom. The Morgan fingerprint density at radius 1 is 1.25 bits per heavy atom. The van der Waals surface area contributed by atoms with Crippen LogP contribution >= 0.6 is 27.5 Å². The molecule has 1 aromatic heterocycles. The van der Waals surface area contributed by atoms with E-state index in [9.17, 15) is 9.90 Å². The van der Waals surface area contributed by atoms with Crippen LogP contribution < -0.4 is 0 Å². The van der Waals surface area contributed by atoms with Crippen LogP contribution in [-0.4, -0.2) is 20.9 Å². The molecule has 0 atom stereocenters. The number of aromatic nitrogens is 2. The van der Waals surface area contributed by atoms with Gasteiger partial charge in [-0.15, -0.1) is 0 Å². The monoisotopic (exact) mass is 404 g/mol. The van der Waals surface area contributed by atoms with E-state index in [1.165, 1.54) is 0 Å². The molecule has 0 aliphatic rings. The maximum Gasteiger partial charge on any atom is 0.339 e. The summed E-state index contributed by atoms with van der Waals surface area (Å²) < 4.78 is 2.60. The van der Waals surface area contributed by atoms with Gasteiger partial charge >= 0.3 is 5.97 Å². The summed E-state index contributed by atoms with van der Waals surface area (Å²) in [6, 6.07) is 14.6. The van der Waals surface area contributed by atoms with E-state index in [4.69, 9.17) is 11.6 Å². The molecule has 1 N–H and O–H groups in total. The highest BCUT2D eigenvalue weighted by Crippen LogP contribution is 2.29. The maximum atomic E-state index is 11.9. The van der Waals surface area contributed by atoms with Crippen LogP contribution in [0.25, 0.3) is 16.9 Å². The largest absolute Gasteiger partial charge is 0.478 e. The number of rotatable bonds is 4. The molecule has 122 valence electrons. The minimum Gasteiger partial charge on any atom is -0.478 e. The summed E-state index contributed by atoms with van der Waals surface area (Å²) in [5.74, 6) is -0.988. The standard InChI is InChI=1S/C18H14BrClN2O2/c1-2-15-16(18(23)24)17(11-6-8-13(20)9-7-11)21-22(15)14-5-3-4-12(19)10-14/h3-10H,2H2,1H3,(H,23,24). The Kier molecular flexibility index (Phi) is 4.73. The molecule has 3 aromatic rings. The SMILES string of the molecule is CCc1c(C(=O)O)c(-c2ccc(Cl)cc2)nn1-c1cccc(Br)c1. The molecule has 0 spiro atoms. The first-order chi connectivity index (χ1) is 11.5. The molecule has 0 bridgehead atoms. The number of hydrogen-bond donors (Lipinski definition) is 1. The molecule has 0 aliphatic heterocycles. The van der Waals surface area contributed by atoms with Gasteiger partial charge in [0.2, 0.25) is 0 Å². The van der Waals surface area contributed by atoms with Crippen molar-refractivity contribution in [3.05, 3.63) is 69.3 Å². The van der Waals surface area contributed by atoms with E-state index >= 15 is 0 Å². The van der Waals surface area contributed by atoms with Gasteiger partial charge in [-0.1, -0.05) is 52.7 Å². The summed E-state index contributed by atoms with van der Waals surface area (Å²) in [4.78, 5) is 11.9. The third kappa shape index (κ3) is 3.09. The Morgan fingerprint density at radius 2 is 1.96 bits per heavy atom. The molecular formula is C18H14BrClN2O2. The highest BCUT2D eigenvalue weighted by atomic mass is 79.9.